The molecule has 1 aromatic heterocycles. The van der Waals surface area contributed by atoms with Crippen LogP contribution >= 0.6 is 0 Å². The number of aromatic nitrogens is 1. The quantitative estimate of drug-likeness (QED) is 0.452. The van der Waals surface area contributed by atoms with E-state index in [1.54, 1.807) is 13.8 Å². The summed E-state index contributed by atoms with van der Waals surface area (Å²) >= 11 is 0. The maximum absolute atomic E-state index is 12.6. The molecule has 1 heterocycles. The Hall–Kier alpha value is -3.41. The van der Waals surface area contributed by atoms with Gasteiger partial charge in [-0.05, 0) is 26.0 Å². The van der Waals surface area contributed by atoms with E-state index in [1.807, 2.05) is 60.7 Å². The molecule has 0 aliphatic heterocycles. The minimum absolute atomic E-state index is 0.138. The smallest absolute Gasteiger partial charge is 0.326 e. The number of esters is 2. The molecule has 2 aromatic carbocycles. The first-order valence-electron chi connectivity index (χ1n) is 9.10. The molecule has 0 fully saturated rings. The van der Waals surface area contributed by atoms with E-state index in [9.17, 15) is 9.59 Å². The zero-order valence-corrected chi connectivity index (χ0v) is 15.8. The Balaban J connectivity index is 2.16. The highest BCUT2D eigenvalue weighted by Gasteiger charge is 2.37. The molecule has 0 aliphatic rings. The zero-order valence-electron chi connectivity index (χ0n) is 15.8. The molecule has 3 aromatic rings. The lowest BCUT2D eigenvalue weighted by molar-refractivity contribution is -0.157. The monoisotopic (exact) mass is 379 g/mol. The predicted octanol–water partition coefficient (Wildman–Crippen LogP) is 4.22. The van der Waals surface area contributed by atoms with Crippen molar-refractivity contribution in [2.24, 2.45) is 0 Å². The maximum Gasteiger partial charge on any atom is 0.326 e. The molecule has 0 unspecified atom stereocenters. The van der Waals surface area contributed by atoms with Crippen LogP contribution in [0.2, 0.25) is 0 Å². The average Bonchev–Trinajstić information content (AvgIpc) is 3.15. The van der Waals surface area contributed by atoms with Gasteiger partial charge in [0, 0.05) is 11.1 Å². The Bertz CT molecular complexity index is 916. The van der Waals surface area contributed by atoms with Crippen LogP contribution < -0.4 is 0 Å². The summed E-state index contributed by atoms with van der Waals surface area (Å²) in [6, 6.07) is 18.5. The van der Waals surface area contributed by atoms with Crippen LogP contribution in [0.25, 0.3) is 22.8 Å². The van der Waals surface area contributed by atoms with Gasteiger partial charge in [0.05, 0.1) is 13.2 Å². The highest BCUT2D eigenvalue weighted by atomic mass is 16.6. The van der Waals surface area contributed by atoms with Crippen molar-refractivity contribution in [1.82, 2.24) is 4.98 Å². The van der Waals surface area contributed by atoms with Crippen LogP contribution in [0.5, 0.6) is 0 Å². The first kappa shape index (κ1) is 19.4. The van der Waals surface area contributed by atoms with Crippen LogP contribution in [0.15, 0.2) is 65.1 Å². The van der Waals surface area contributed by atoms with E-state index in [0.29, 0.717) is 17.2 Å². The van der Waals surface area contributed by atoms with Gasteiger partial charge in [-0.3, -0.25) is 9.59 Å². The van der Waals surface area contributed by atoms with E-state index in [2.05, 4.69) is 4.98 Å². The van der Waals surface area contributed by atoms with Gasteiger partial charge in [-0.15, -0.1) is 0 Å². The average molecular weight is 379 g/mol. The van der Waals surface area contributed by atoms with E-state index in [4.69, 9.17) is 13.9 Å². The van der Waals surface area contributed by atoms with Crippen LogP contribution in [-0.4, -0.2) is 30.1 Å². The Morgan fingerprint density at radius 3 is 1.86 bits per heavy atom. The highest BCUT2D eigenvalue weighted by molar-refractivity contribution is 6.01. The van der Waals surface area contributed by atoms with Crippen molar-refractivity contribution in [1.29, 1.82) is 0 Å². The molecular weight excluding hydrogens is 358 g/mol. The van der Waals surface area contributed by atoms with Crippen molar-refractivity contribution >= 4 is 11.9 Å². The number of carbonyl (C=O) groups is 2. The fourth-order valence-electron chi connectivity index (χ4n) is 2.80. The Labute approximate surface area is 163 Å². The van der Waals surface area contributed by atoms with E-state index >= 15 is 0 Å². The molecule has 6 nitrogen and oxygen atoms in total. The lowest BCUT2D eigenvalue weighted by atomic mass is 10.0. The zero-order chi connectivity index (χ0) is 19.9. The first-order valence-corrected chi connectivity index (χ1v) is 9.10. The van der Waals surface area contributed by atoms with Gasteiger partial charge in [-0.25, -0.2) is 4.98 Å². The summed E-state index contributed by atoms with van der Waals surface area (Å²) in [5, 5.41) is 0. The normalized spacial score (nSPS) is 10.7. The Morgan fingerprint density at radius 2 is 1.36 bits per heavy atom. The van der Waals surface area contributed by atoms with E-state index < -0.39 is 17.9 Å². The van der Waals surface area contributed by atoms with Gasteiger partial charge >= 0.3 is 11.9 Å². The topological polar surface area (TPSA) is 78.6 Å². The largest absolute Gasteiger partial charge is 0.465 e. The van der Waals surface area contributed by atoms with Gasteiger partial charge < -0.3 is 13.9 Å². The number of rotatable bonds is 7. The van der Waals surface area contributed by atoms with Crippen molar-refractivity contribution in [3.8, 4) is 22.8 Å². The molecule has 3 rings (SSSR count). The summed E-state index contributed by atoms with van der Waals surface area (Å²) in [7, 11) is 0. The molecule has 144 valence electrons. The van der Waals surface area contributed by atoms with Crippen LogP contribution in [0.4, 0.5) is 0 Å². The molecule has 0 saturated heterocycles. The lowest BCUT2D eigenvalue weighted by Gasteiger charge is -2.13. The molecule has 6 heteroatoms. The molecule has 0 radical (unpaired) electrons. The molecule has 0 aliphatic carbocycles. The van der Waals surface area contributed by atoms with Gasteiger partial charge in [0.25, 0.3) is 0 Å². The summed E-state index contributed by atoms with van der Waals surface area (Å²) in [5.41, 5.74) is 1.62. The number of ether oxygens (including phenoxy) is 2. The molecule has 0 atom stereocenters. The summed E-state index contributed by atoms with van der Waals surface area (Å²) in [4.78, 5) is 29.7. The summed E-state index contributed by atoms with van der Waals surface area (Å²) in [6.45, 7) is 3.63. The SMILES string of the molecule is CCOC(=O)C(C(=O)OCC)c1nc(-c2ccccc2)oc1-c1ccccc1. The van der Waals surface area contributed by atoms with E-state index in [-0.39, 0.29) is 18.9 Å². The van der Waals surface area contributed by atoms with Crippen molar-refractivity contribution in [2.75, 3.05) is 13.2 Å². The molecule has 0 bridgehead atoms. The van der Waals surface area contributed by atoms with Crippen LogP contribution in [0.1, 0.15) is 25.5 Å². The standard InChI is InChI=1S/C22H21NO5/c1-3-26-21(24)17(22(25)27-4-2)18-19(15-11-7-5-8-12-15)28-20(23-18)16-13-9-6-10-14-16/h5-14,17H,3-4H2,1-2H3. The Kier molecular flexibility index (Phi) is 6.22. The van der Waals surface area contributed by atoms with Gasteiger partial charge in [0.1, 0.15) is 5.69 Å². The fourth-order valence-corrected chi connectivity index (χ4v) is 2.80. The number of oxazole rings is 1. The molecule has 0 saturated carbocycles. The second-order valence-corrected chi connectivity index (χ2v) is 5.90. The number of hydrogen-bond donors (Lipinski definition) is 0. The summed E-state index contributed by atoms with van der Waals surface area (Å²) < 4.78 is 16.2. The fraction of sp³-hybridized carbons (Fsp3) is 0.227. The lowest BCUT2D eigenvalue weighted by Crippen LogP contribution is -2.27. The summed E-state index contributed by atoms with van der Waals surface area (Å²) in [5.74, 6) is -2.10. The minimum Gasteiger partial charge on any atom is -0.465 e. The van der Waals surface area contributed by atoms with E-state index in [0.717, 1.165) is 5.56 Å². The number of benzene rings is 2. The molecule has 28 heavy (non-hydrogen) atoms. The van der Waals surface area contributed by atoms with Gasteiger partial charge in [0.2, 0.25) is 5.89 Å². The number of nitrogens with zero attached hydrogens (tertiary/aromatic N) is 1. The molecular formula is C22H21NO5. The first-order chi connectivity index (χ1) is 13.7. The summed E-state index contributed by atoms with van der Waals surface area (Å²) in [6.07, 6.45) is 0. The Morgan fingerprint density at radius 1 is 0.857 bits per heavy atom. The third-order valence-electron chi connectivity index (χ3n) is 4.03. The second kappa shape index (κ2) is 8.99. The third kappa shape index (κ3) is 4.11. The van der Waals surface area contributed by atoms with Crippen molar-refractivity contribution in [3.05, 3.63) is 66.4 Å². The minimum atomic E-state index is -1.32. The predicted molar refractivity (Wildman–Crippen MR) is 103 cm³/mol. The van der Waals surface area contributed by atoms with Crippen LogP contribution in [-0.2, 0) is 19.1 Å². The van der Waals surface area contributed by atoms with E-state index in [1.165, 1.54) is 0 Å². The molecule has 0 N–H and O–H groups in total. The van der Waals surface area contributed by atoms with Crippen LogP contribution in [0, 0.1) is 0 Å². The van der Waals surface area contributed by atoms with Crippen molar-refractivity contribution < 1.29 is 23.5 Å². The second-order valence-electron chi connectivity index (χ2n) is 5.90. The number of hydrogen-bond acceptors (Lipinski definition) is 6. The van der Waals surface area contributed by atoms with Gasteiger partial charge in [-0.1, -0.05) is 48.5 Å². The van der Waals surface area contributed by atoms with Gasteiger partial charge in [0.15, 0.2) is 11.7 Å². The molecule has 0 spiro atoms. The third-order valence-corrected chi connectivity index (χ3v) is 4.03. The van der Waals surface area contributed by atoms with Crippen LogP contribution in [0.3, 0.4) is 0 Å². The molecule has 0 amide bonds. The van der Waals surface area contributed by atoms with Crippen molar-refractivity contribution in [2.45, 2.75) is 19.8 Å². The van der Waals surface area contributed by atoms with Gasteiger partial charge in [-0.2, -0.15) is 0 Å². The van der Waals surface area contributed by atoms with Crippen molar-refractivity contribution in [3.63, 3.8) is 0 Å². The number of carbonyl (C=O) groups excluding carboxylic acids is 2. The maximum atomic E-state index is 12.6. The highest BCUT2D eigenvalue weighted by Crippen LogP contribution is 2.35.